The number of hydrogen-bond donors (Lipinski definition) is 1. The van der Waals surface area contributed by atoms with Crippen LogP contribution in [0.1, 0.15) is 25.8 Å². The number of nitrogens with zero attached hydrogens (tertiary/aromatic N) is 1. The van der Waals surface area contributed by atoms with E-state index >= 15 is 0 Å². The van der Waals surface area contributed by atoms with E-state index < -0.39 is 0 Å². The summed E-state index contributed by atoms with van der Waals surface area (Å²) in [5, 5.41) is 10.6. The minimum absolute atomic E-state index is 0.00510. The van der Waals surface area contributed by atoms with Crippen LogP contribution >= 0.6 is 11.6 Å². The molecule has 88 valence electrons. The van der Waals surface area contributed by atoms with Gasteiger partial charge in [-0.05, 0) is 44.9 Å². The Morgan fingerprint density at radius 3 is 2.69 bits per heavy atom. The Kier molecular flexibility index (Phi) is 2.89. The third kappa shape index (κ3) is 1.92. The van der Waals surface area contributed by atoms with E-state index in [0.717, 1.165) is 22.7 Å². The molecule has 1 aliphatic rings. The number of benzene rings is 1. The van der Waals surface area contributed by atoms with Crippen LogP contribution in [0.2, 0.25) is 5.02 Å². The van der Waals surface area contributed by atoms with Crippen LogP contribution in [0.25, 0.3) is 0 Å². The lowest BCUT2D eigenvalue weighted by atomic mass is 10.00. The van der Waals surface area contributed by atoms with Crippen molar-refractivity contribution in [3.05, 3.63) is 28.8 Å². The summed E-state index contributed by atoms with van der Waals surface area (Å²) in [5.74, 6) is 0. The number of aliphatic hydroxyl groups excluding tert-OH is 1. The van der Waals surface area contributed by atoms with Gasteiger partial charge >= 0.3 is 0 Å². The zero-order valence-electron chi connectivity index (χ0n) is 10.00. The molecule has 1 N–H and O–H groups in total. The van der Waals surface area contributed by atoms with Crippen molar-refractivity contribution in [1.29, 1.82) is 0 Å². The molecule has 0 bridgehead atoms. The fourth-order valence-corrected chi connectivity index (χ4v) is 2.69. The van der Waals surface area contributed by atoms with Gasteiger partial charge in [0, 0.05) is 22.8 Å². The van der Waals surface area contributed by atoms with Gasteiger partial charge < -0.3 is 10.0 Å². The van der Waals surface area contributed by atoms with Crippen molar-refractivity contribution in [2.45, 2.75) is 38.8 Å². The molecule has 0 amide bonds. The SMILES string of the molecule is Cc1c(Cl)cccc1N1CC(O)CC1(C)C. The number of anilines is 1. The van der Waals surface area contributed by atoms with E-state index in [2.05, 4.69) is 24.8 Å². The number of rotatable bonds is 1. The minimum atomic E-state index is -0.242. The standard InChI is InChI=1S/C13H18ClNO/c1-9-11(14)5-4-6-12(9)15-8-10(16)7-13(15,2)3/h4-6,10,16H,7-8H2,1-3H3. The van der Waals surface area contributed by atoms with Gasteiger partial charge in [0.15, 0.2) is 0 Å². The second-order valence-electron chi connectivity index (χ2n) is 5.16. The highest BCUT2D eigenvalue weighted by Gasteiger charge is 2.38. The molecule has 2 rings (SSSR count). The van der Waals surface area contributed by atoms with Gasteiger partial charge in [0.25, 0.3) is 0 Å². The Morgan fingerprint density at radius 1 is 1.44 bits per heavy atom. The lowest BCUT2D eigenvalue weighted by Crippen LogP contribution is -2.38. The predicted molar refractivity (Wildman–Crippen MR) is 68.2 cm³/mol. The lowest BCUT2D eigenvalue weighted by molar-refractivity contribution is 0.188. The van der Waals surface area contributed by atoms with Gasteiger partial charge in [0.1, 0.15) is 0 Å². The summed E-state index contributed by atoms with van der Waals surface area (Å²) < 4.78 is 0. The molecule has 0 radical (unpaired) electrons. The maximum atomic E-state index is 9.78. The monoisotopic (exact) mass is 239 g/mol. The molecule has 0 spiro atoms. The average Bonchev–Trinajstić information content (AvgIpc) is 2.44. The van der Waals surface area contributed by atoms with Gasteiger partial charge in [-0.2, -0.15) is 0 Å². The van der Waals surface area contributed by atoms with Crippen molar-refractivity contribution in [2.24, 2.45) is 0 Å². The van der Waals surface area contributed by atoms with Crippen LogP contribution in [0.15, 0.2) is 18.2 Å². The van der Waals surface area contributed by atoms with Crippen LogP contribution in [-0.2, 0) is 0 Å². The van der Waals surface area contributed by atoms with Crippen LogP contribution < -0.4 is 4.90 Å². The molecular weight excluding hydrogens is 222 g/mol. The summed E-state index contributed by atoms with van der Waals surface area (Å²) in [4.78, 5) is 2.25. The Bertz CT molecular complexity index is 403. The third-order valence-corrected chi connectivity index (χ3v) is 3.80. The van der Waals surface area contributed by atoms with Crippen LogP contribution in [0, 0.1) is 6.92 Å². The average molecular weight is 240 g/mol. The fourth-order valence-electron chi connectivity index (χ4n) is 2.52. The number of halogens is 1. The first kappa shape index (κ1) is 11.7. The first-order valence-corrected chi connectivity index (χ1v) is 6.00. The first-order chi connectivity index (χ1) is 7.42. The Hall–Kier alpha value is -0.730. The maximum Gasteiger partial charge on any atom is 0.0737 e. The van der Waals surface area contributed by atoms with Crippen molar-refractivity contribution in [3.63, 3.8) is 0 Å². The fraction of sp³-hybridized carbons (Fsp3) is 0.538. The largest absolute Gasteiger partial charge is 0.391 e. The molecule has 1 aliphatic heterocycles. The second-order valence-corrected chi connectivity index (χ2v) is 5.57. The Balaban J connectivity index is 2.41. The molecule has 16 heavy (non-hydrogen) atoms. The topological polar surface area (TPSA) is 23.5 Å². The third-order valence-electron chi connectivity index (χ3n) is 3.39. The predicted octanol–water partition coefficient (Wildman–Crippen LogP) is 3.00. The summed E-state index contributed by atoms with van der Waals surface area (Å²) in [6, 6.07) is 5.94. The summed E-state index contributed by atoms with van der Waals surface area (Å²) in [6.07, 6.45) is 0.562. The zero-order valence-corrected chi connectivity index (χ0v) is 10.8. The zero-order chi connectivity index (χ0) is 11.9. The summed E-state index contributed by atoms with van der Waals surface area (Å²) in [6.45, 7) is 7.03. The molecule has 1 aromatic rings. The van der Waals surface area contributed by atoms with E-state index in [9.17, 15) is 5.11 Å². The summed E-state index contributed by atoms with van der Waals surface area (Å²) in [7, 11) is 0. The van der Waals surface area contributed by atoms with Crippen LogP contribution in [0.3, 0.4) is 0 Å². The van der Waals surface area contributed by atoms with Crippen LogP contribution in [-0.4, -0.2) is 23.3 Å². The van der Waals surface area contributed by atoms with Gasteiger partial charge in [-0.1, -0.05) is 17.7 Å². The lowest BCUT2D eigenvalue weighted by Gasteiger charge is -2.34. The summed E-state index contributed by atoms with van der Waals surface area (Å²) >= 11 is 6.13. The summed E-state index contributed by atoms with van der Waals surface area (Å²) in [5.41, 5.74) is 2.22. The van der Waals surface area contributed by atoms with Crippen molar-refractivity contribution in [3.8, 4) is 0 Å². The Labute approximate surface area is 102 Å². The Morgan fingerprint density at radius 2 is 2.12 bits per heavy atom. The molecular formula is C13H18ClNO. The van der Waals surface area contributed by atoms with E-state index in [1.54, 1.807) is 0 Å². The molecule has 0 aliphatic carbocycles. The molecule has 1 saturated heterocycles. The molecule has 1 heterocycles. The van der Waals surface area contributed by atoms with Gasteiger partial charge in [-0.25, -0.2) is 0 Å². The molecule has 2 nitrogen and oxygen atoms in total. The van der Waals surface area contributed by atoms with E-state index in [1.165, 1.54) is 0 Å². The quantitative estimate of drug-likeness (QED) is 0.815. The van der Waals surface area contributed by atoms with Gasteiger partial charge in [0.2, 0.25) is 0 Å². The van der Waals surface area contributed by atoms with Crippen LogP contribution in [0.4, 0.5) is 5.69 Å². The first-order valence-electron chi connectivity index (χ1n) is 5.62. The van der Waals surface area contributed by atoms with Crippen molar-refractivity contribution < 1.29 is 5.11 Å². The molecule has 1 fully saturated rings. The smallest absolute Gasteiger partial charge is 0.0737 e. The van der Waals surface area contributed by atoms with Crippen molar-refractivity contribution in [2.75, 3.05) is 11.4 Å². The van der Waals surface area contributed by atoms with Crippen molar-refractivity contribution >= 4 is 17.3 Å². The van der Waals surface area contributed by atoms with Crippen molar-refractivity contribution in [1.82, 2.24) is 0 Å². The molecule has 1 unspecified atom stereocenters. The highest BCUT2D eigenvalue weighted by atomic mass is 35.5. The molecule has 1 aromatic carbocycles. The van der Waals surface area contributed by atoms with Gasteiger partial charge in [-0.3, -0.25) is 0 Å². The van der Waals surface area contributed by atoms with E-state index in [4.69, 9.17) is 11.6 Å². The normalized spacial score (nSPS) is 23.8. The number of β-amino-alcohol motifs (C(OH)–C–C–N with tert-alkyl or cyclic N) is 1. The second kappa shape index (κ2) is 3.94. The molecule has 1 atom stereocenters. The van der Waals surface area contributed by atoms with E-state index in [1.807, 2.05) is 19.1 Å². The minimum Gasteiger partial charge on any atom is -0.391 e. The molecule has 3 heteroatoms. The van der Waals surface area contributed by atoms with E-state index in [0.29, 0.717) is 6.54 Å². The maximum absolute atomic E-state index is 9.78. The molecule has 0 saturated carbocycles. The van der Waals surface area contributed by atoms with E-state index in [-0.39, 0.29) is 11.6 Å². The highest BCUT2D eigenvalue weighted by molar-refractivity contribution is 6.31. The number of aliphatic hydroxyl groups is 1. The molecule has 0 aromatic heterocycles. The highest BCUT2D eigenvalue weighted by Crippen LogP contribution is 2.37. The van der Waals surface area contributed by atoms with Gasteiger partial charge in [0.05, 0.1) is 6.10 Å². The van der Waals surface area contributed by atoms with Crippen LogP contribution in [0.5, 0.6) is 0 Å². The van der Waals surface area contributed by atoms with Gasteiger partial charge in [-0.15, -0.1) is 0 Å². The number of hydrogen-bond acceptors (Lipinski definition) is 2.